The molecule has 1 aliphatic rings. The van der Waals surface area contributed by atoms with Crippen LogP contribution < -0.4 is 16.8 Å². The molecule has 0 radical (unpaired) electrons. The minimum atomic E-state index is -0.205. The monoisotopic (exact) mass is 353 g/mol. The van der Waals surface area contributed by atoms with Gasteiger partial charge < -0.3 is 26.2 Å². The minimum Gasteiger partial charge on any atom is -0.398 e. The number of nitrogens with two attached hydrogens (primary N) is 2. The molecule has 136 valence electrons. The summed E-state index contributed by atoms with van der Waals surface area (Å²) < 4.78 is 4.96. The van der Waals surface area contributed by atoms with Crippen LogP contribution in [-0.2, 0) is 6.54 Å². The highest BCUT2D eigenvalue weighted by Crippen LogP contribution is 2.14. The topological polar surface area (TPSA) is 110 Å². The number of hydrogen-bond acceptors (Lipinski definition) is 6. The Bertz CT molecular complexity index is 805. The van der Waals surface area contributed by atoms with Crippen molar-refractivity contribution in [3.8, 4) is 0 Å². The number of amides is 1. The molecule has 2 heterocycles. The third-order valence-corrected chi connectivity index (χ3v) is 4.28. The van der Waals surface area contributed by atoms with Crippen LogP contribution in [0.1, 0.15) is 34.5 Å². The fourth-order valence-electron chi connectivity index (χ4n) is 2.79. The molecule has 1 saturated heterocycles. The largest absolute Gasteiger partial charge is 0.398 e. The zero-order valence-corrected chi connectivity index (χ0v) is 14.5. The van der Waals surface area contributed by atoms with Crippen molar-refractivity contribution < 1.29 is 9.32 Å². The maximum Gasteiger partial charge on any atom is 0.251 e. The number of nitrogens with one attached hydrogen (secondary N) is 1. The van der Waals surface area contributed by atoms with E-state index in [2.05, 4.69) is 15.4 Å². The lowest BCUT2D eigenvalue weighted by Crippen LogP contribution is -2.24. The van der Waals surface area contributed by atoms with Crippen molar-refractivity contribution in [1.82, 2.24) is 15.4 Å². The van der Waals surface area contributed by atoms with Gasteiger partial charge in [-0.15, -0.1) is 0 Å². The molecular formula is C19H23N5O2. The molecule has 0 aliphatic carbocycles. The SMILES string of the molecule is N/C(=C\C=C(/N)N1CCCC1)c1cccc(C(=O)NCc2ccno2)c1. The standard InChI is InChI=1S/C19H23N5O2/c20-17(6-7-18(21)24-10-1-2-11-24)14-4-3-5-15(12-14)19(25)22-13-16-8-9-23-26-16/h3-9,12H,1-2,10-11,13,20-21H2,(H,22,25)/b17-6-,18-7+. The van der Waals surface area contributed by atoms with E-state index < -0.39 is 0 Å². The van der Waals surface area contributed by atoms with Crippen LogP contribution >= 0.6 is 0 Å². The van der Waals surface area contributed by atoms with Gasteiger partial charge in [-0.3, -0.25) is 4.79 Å². The van der Waals surface area contributed by atoms with Crippen LogP contribution in [0.25, 0.3) is 5.70 Å². The first-order valence-electron chi connectivity index (χ1n) is 8.59. The first-order chi connectivity index (χ1) is 12.6. The minimum absolute atomic E-state index is 0.205. The molecule has 0 saturated carbocycles. The summed E-state index contributed by atoms with van der Waals surface area (Å²) in [5.74, 6) is 1.10. The molecule has 3 rings (SSSR count). The number of benzene rings is 1. The zero-order chi connectivity index (χ0) is 18.4. The van der Waals surface area contributed by atoms with E-state index in [1.54, 1.807) is 30.3 Å². The highest BCUT2D eigenvalue weighted by Gasteiger charge is 2.12. The number of carbonyl (C=O) groups excluding carboxylic acids is 1. The van der Waals surface area contributed by atoms with Crippen molar-refractivity contribution in [2.45, 2.75) is 19.4 Å². The second-order valence-corrected chi connectivity index (χ2v) is 6.15. The zero-order valence-electron chi connectivity index (χ0n) is 14.5. The fraction of sp³-hybridized carbons (Fsp3) is 0.263. The normalized spacial score (nSPS) is 15.3. The van der Waals surface area contributed by atoms with Gasteiger partial charge in [0.2, 0.25) is 0 Å². The van der Waals surface area contributed by atoms with Crippen molar-refractivity contribution in [1.29, 1.82) is 0 Å². The van der Waals surface area contributed by atoms with E-state index in [9.17, 15) is 4.79 Å². The van der Waals surface area contributed by atoms with Crippen molar-refractivity contribution in [2.24, 2.45) is 11.5 Å². The lowest BCUT2D eigenvalue weighted by molar-refractivity contribution is 0.0947. The Morgan fingerprint density at radius 3 is 2.69 bits per heavy atom. The first-order valence-corrected chi connectivity index (χ1v) is 8.59. The van der Waals surface area contributed by atoms with Crippen molar-refractivity contribution in [2.75, 3.05) is 13.1 Å². The summed E-state index contributed by atoms with van der Waals surface area (Å²) in [6, 6.07) is 8.85. The number of rotatable bonds is 6. The van der Waals surface area contributed by atoms with Crippen LogP contribution in [0.4, 0.5) is 0 Å². The van der Waals surface area contributed by atoms with Gasteiger partial charge >= 0.3 is 0 Å². The predicted molar refractivity (Wildman–Crippen MR) is 99.4 cm³/mol. The summed E-state index contributed by atoms with van der Waals surface area (Å²) in [5, 5.41) is 6.39. The van der Waals surface area contributed by atoms with E-state index >= 15 is 0 Å². The van der Waals surface area contributed by atoms with E-state index in [0.717, 1.165) is 18.7 Å². The van der Waals surface area contributed by atoms with Gasteiger partial charge in [0.1, 0.15) is 0 Å². The Morgan fingerprint density at radius 2 is 1.96 bits per heavy atom. The third kappa shape index (κ3) is 4.44. The smallest absolute Gasteiger partial charge is 0.251 e. The summed E-state index contributed by atoms with van der Waals surface area (Å²) in [6.07, 6.45) is 7.46. The molecule has 0 atom stereocenters. The number of nitrogens with zero attached hydrogens (tertiary/aromatic N) is 2. The predicted octanol–water partition coefficient (Wildman–Crippen LogP) is 1.80. The van der Waals surface area contributed by atoms with E-state index in [4.69, 9.17) is 16.0 Å². The summed E-state index contributed by atoms with van der Waals surface area (Å²) >= 11 is 0. The lowest BCUT2D eigenvalue weighted by Gasteiger charge is -2.16. The van der Waals surface area contributed by atoms with Crippen molar-refractivity contribution >= 4 is 11.6 Å². The number of hydrogen-bond donors (Lipinski definition) is 3. The molecule has 7 nitrogen and oxygen atoms in total. The summed E-state index contributed by atoms with van der Waals surface area (Å²) in [7, 11) is 0. The Labute approximate surface area is 152 Å². The molecule has 5 N–H and O–H groups in total. The van der Waals surface area contributed by atoms with Crippen molar-refractivity contribution in [3.63, 3.8) is 0 Å². The van der Waals surface area contributed by atoms with Crippen LogP contribution in [-0.4, -0.2) is 29.1 Å². The molecule has 1 aromatic heterocycles. The van der Waals surface area contributed by atoms with Gasteiger partial charge in [0.25, 0.3) is 5.91 Å². The van der Waals surface area contributed by atoms with Crippen LogP contribution in [0.15, 0.2) is 59.0 Å². The number of likely N-dealkylation sites (tertiary alicyclic amines) is 1. The Balaban J connectivity index is 1.66. The van der Waals surface area contributed by atoms with E-state index in [0.29, 0.717) is 22.8 Å². The van der Waals surface area contributed by atoms with Crippen LogP contribution in [0.5, 0.6) is 0 Å². The molecule has 0 bridgehead atoms. The molecule has 7 heteroatoms. The molecule has 1 amide bonds. The molecule has 1 fully saturated rings. The van der Waals surface area contributed by atoms with E-state index in [-0.39, 0.29) is 12.5 Å². The van der Waals surface area contributed by atoms with Crippen LogP contribution in [0, 0.1) is 0 Å². The first kappa shape index (κ1) is 17.6. The quantitative estimate of drug-likeness (QED) is 0.683. The lowest BCUT2D eigenvalue weighted by atomic mass is 10.1. The molecule has 26 heavy (non-hydrogen) atoms. The van der Waals surface area contributed by atoms with Gasteiger partial charge in [0, 0.05) is 30.4 Å². The molecule has 1 aromatic carbocycles. The van der Waals surface area contributed by atoms with E-state index in [1.807, 2.05) is 12.1 Å². The fourth-order valence-corrected chi connectivity index (χ4v) is 2.79. The molecule has 0 unspecified atom stereocenters. The number of aromatic nitrogens is 1. The van der Waals surface area contributed by atoms with E-state index in [1.165, 1.54) is 19.0 Å². The highest BCUT2D eigenvalue weighted by molar-refractivity contribution is 5.95. The van der Waals surface area contributed by atoms with Crippen LogP contribution in [0.3, 0.4) is 0 Å². The van der Waals surface area contributed by atoms with Gasteiger partial charge in [-0.25, -0.2) is 0 Å². The number of allylic oxidation sites excluding steroid dienone is 2. The van der Waals surface area contributed by atoms with Gasteiger partial charge in [-0.1, -0.05) is 17.3 Å². The van der Waals surface area contributed by atoms with Gasteiger partial charge in [0.05, 0.1) is 18.6 Å². The maximum absolute atomic E-state index is 12.3. The van der Waals surface area contributed by atoms with Gasteiger partial charge in [-0.2, -0.15) is 0 Å². The molecular weight excluding hydrogens is 330 g/mol. The Kier molecular flexibility index (Phi) is 5.58. The second-order valence-electron chi connectivity index (χ2n) is 6.15. The highest BCUT2D eigenvalue weighted by atomic mass is 16.5. The summed E-state index contributed by atoms with van der Waals surface area (Å²) in [6.45, 7) is 2.25. The van der Waals surface area contributed by atoms with Gasteiger partial charge in [0.15, 0.2) is 5.76 Å². The Morgan fingerprint density at radius 1 is 1.19 bits per heavy atom. The average molecular weight is 353 g/mol. The molecule has 2 aromatic rings. The summed E-state index contributed by atoms with van der Waals surface area (Å²) in [4.78, 5) is 14.4. The average Bonchev–Trinajstić information content (AvgIpc) is 3.37. The van der Waals surface area contributed by atoms with Crippen molar-refractivity contribution in [3.05, 3.63) is 71.4 Å². The molecule has 0 spiro atoms. The maximum atomic E-state index is 12.3. The van der Waals surface area contributed by atoms with Crippen LogP contribution in [0.2, 0.25) is 0 Å². The van der Waals surface area contributed by atoms with Gasteiger partial charge in [-0.05, 0) is 42.7 Å². The molecule has 1 aliphatic heterocycles. The second kappa shape index (κ2) is 8.24. The summed E-state index contributed by atoms with van der Waals surface area (Å²) in [5.41, 5.74) is 14.1. The third-order valence-electron chi connectivity index (χ3n) is 4.28. The Hall–Kier alpha value is -3.22. The number of carbonyl (C=O) groups is 1.